The molecule has 0 saturated heterocycles. The van der Waals surface area contributed by atoms with Crippen LogP contribution in [0, 0.1) is 0 Å². The van der Waals surface area contributed by atoms with E-state index < -0.39 is 0 Å². The molecule has 1 fully saturated rings. The minimum absolute atomic E-state index is 0.0426. The molecule has 0 bridgehead atoms. The van der Waals surface area contributed by atoms with Gasteiger partial charge in [0.1, 0.15) is 0 Å². The number of nitrogens with two attached hydrogens (primary N) is 1. The Morgan fingerprint density at radius 3 is 2.59 bits per heavy atom. The SMILES string of the molecule is NC(CCNC(=O)NC1CCCC1c1ccc(Cl)cc1)Cc1ccccc1. The molecule has 1 saturated carbocycles. The third-order valence-electron chi connectivity index (χ3n) is 5.27. The smallest absolute Gasteiger partial charge is 0.315 e. The van der Waals surface area contributed by atoms with Gasteiger partial charge in [0, 0.05) is 29.6 Å². The van der Waals surface area contributed by atoms with E-state index in [1.165, 1.54) is 11.1 Å². The van der Waals surface area contributed by atoms with Crippen LogP contribution in [-0.4, -0.2) is 24.7 Å². The number of halogens is 1. The molecule has 3 unspecified atom stereocenters. The zero-order chi connectivity index (χ0) is 19.1. The van der Waals surface area contributed by atoms with Crippen LogP contribution in [0.1, 0.15) is 42.7 Å². The van der Waals surface area contributed by atoms with Gasteiger partial charge in [-0.25, -0.2) is 4.79 Å². The van der Waals surface area contributed by atoms with Crippen molar-refractivity contribution in [2.45, 2.75) is 50.1 Å². The molecule has 3 atom stereocenters. The highest BCUT2D eigenvalue weighted by Gasteiger charge is 2.29. The predicted molar refractivity (Wildman–Crippen MR) is 111 cm³/mol. The first-order valence-corrected chi connectivity index (χ1v) is 10.1. The van der Waals surface area contributed by atoms with Gasteiger partial charge in [-0.1, -0.05) is 60.5 Å². The molecule has 4 N–H and O–H groups in total. The van der Waals surface area contributed by atoms with Crippen molar-refractivity contribution in [2.75, 3.05) is 6.54 Å². The van der Waals surface area contributed by atoms with Crippen LogP contribution in [0.15, 0.2) is 54.6 Å². The molecule has 27 heavy (non-hydrogen) atoms. The Labute approximate surface area is 166 Å². The molecule has 0 aliphatic heterocycles. The van der Waals surface area contributed by atoms with Crippen LogP contribution in [0.5, 0.6) is 0 Å². The lowest BCUT2D eigenvalue weighted by molar-refractivity contribution is 0.235. The molecule has 2 aromatic rings. The Morgan fingerprint density at radius 1 is 1.11 bits per heavy atom. The standard InChI is InChI=1S/C22H28ClN3O/c23-18-11-9-17(10-12-18)20-7-4-8-21(20)26-22(27)25-14-13-19(24)15-16-5-2-1-3-6-16/h1-3,5-6,9-12,19-21H,4,7-8,13-15,24H2,(H2,25,26,27). The lowest BCUT2D eigenvalue weighted by Gasteiger charge is -2.22. The summed E-state index contributed by atoms with van der Waals surface area (Å²) in [5.41, 5.74) is 8.65. The van der Waals surface area contributed by atoms with Crippen LogP contribution in [0.4, 0.5) is 4.79 Å². The van der Waals surface area contributed by atoms with Gasteiger partial charge in [0.2, 0.25) is 0 Å². The average Bonchev–Trinajstić information content (AvgIpc) is 3.11. The van der Waals surface area contributed by atoms with Gasteiger partial charge in [-0.3, -0.25) is 0 Å². The average molecular weight is 386 g/mol. The normalized spacial score (nSPS) is 20.2. The highest BCUT2D eigenvalue weighted by Crippen LogP contribution is 2.35. The lowest BCUT2D eigenvalue weighted by atomic mass is 9.94. The van der Waals surface area contributed by atoms with Gasteiger partial charge in [0.15, 0.2) is 0 Å². The molecule has 0 radical (unpaired) electrons. The van der Waals surface area contributed by atoms with Crippen LogP contribution < -0.4 is 16.4 Å². The Hall–Kier alpha value is -2.04. The molecule has 2 amide bonds. The van der Waals surface area contributed by atoms with E-state index in [2.05, 4.69) is 34.9 Å². The number of carbonyl (C=O) groups is 1. The second kappa shape index (κ2) is 9.77. The highest BCUT2D eigenvalue weighted by atomic mass is 35.5. The number of benzene rings is 2. The van der Waals surface area contributed by atoms with Crippen molar-refractivity contribution in [1.29, 1.82) is 0 Å². The van der Waals surface area contributed by atoms with Gasteiger partial charge in [-0.2, -0.15) is 0 Å². The Morgan fingerprint density at radius 2 is 1.85 bits per heavy atom. The second-order valence-electron chi connectivity index (χ2n) is 7.33. The van der Waals surface area contributed by atoms with Gasteiger partial charge in [-0.05, 0) is 48.9 Å². The molecule has 4 nitrogen and oxygen atoms in total. The van der Waals surface area contributed by atoms with E-state index in [9.17, 15) is 4.79 Å². The van der Waals surface area contributed by atoms with Crippen molar-refractivity contribution >= 4 is 17.6 Å². The number of nitrogens with one attached hydrogen (secondary N) is 2. The van der Waals surface area contributed by atoms with Gasteiger partial charge >= 0.3 is 6.03 Å². The monoisotopic (exact) mass is 385 g/mol. The van der Waals surface area contributed by atoms with E-state index in [0.717, 1.165) is 37.1 Å². The topological polar surface area (TPSA) is 67.1 Å². The van der Waals surface area contributed by atoms with E-state index in [-0.39, 0.29) is 18.1 Å². The zero-order valence-corrected chi connectivity index (χ0v) is 16.3. The lowest BCUT2D eigenvalue weighted by Crippen LogP contribution is -2.44. The molecule has 0 aromatic heterocycles. The number of rotatable bonds is 7. The van der Waals surface area contributed by atoms with Crippen LogP contribution >= 0.6 is 11.6 Å². The quantitative estimate of drug-likeness (QED) is 0.667. The predicted octanol–water partition coefficient (Wildman–Crippen LogP) is 4.24. The fourth-order valence-corrected chi connectivity index (χ4v) is 3.98. The summed E-state index contributed by atoms with van der Waals surface area (Å²) in [7, 11) is 0. The third-order valence-corrected chi connectivity index (χ3v) is 5.52. The first kappa shape index (κ1) is 19.7. The minimum Gasteiger partial charge on any atom is -0.338 e. The third kappa shape index (κ3) is 5.98. The largest absolute Gasteiger partial charge is 0.338 e. The van der Waals surface area contributed by atoms with Crippen molar-refractivity contribution in [3.8, 4) is 0 Å². The summed E-state index contributed by atoms with van der Waals surface area (Å²) < 4.78 is 0. The van der Waals surface area contributed by atoms with Crippen molar-refractivity contribution in [2.24, 2.45) is 5.73 Å². The molecule has 5 heteroatoms. The van der Waals surface area contributed by atoms with Crippen molar-refractivity contribution in [3.05, 3.63) is 70.7 Å². The van der Waals surface area contributed by atoms with E-state index in [0.29, 0.717) is 12.5 Å². The number of urea groups is 1. The van der Waals surface area contributed by atoms with Gasteiger partial charge < -0.3 is 16.4 Å². The van der Waals surface area contributed by atoms with Crippen LogP contribution in [0.3, 0.4) is 0 Å². The summed E-state index contributed by atoms with van der Waals surface area (Å²) in [6.07, 6.45) is 4.81. The molecule has 0 spiro atoms. The maximum absolute atomic E-state index is 12.3. The molecule has 0 heterocycles. The van der Waals surface area contributed by atoms with Gasteiger partial charge in [0.05, 0.1) is 0 Å². The summed E-state index contributed by atoms with van der Waals surface area (Å²) in [6.45, 7) is 0.582. The molecule has 3 rings (SSSR count). The van der Waals surface area contributed by atoms with Gasteiger partial charge in [0.25, 0.3) is 0 Å². The van der Waals surface area contributed by atoms with Gasteiger partial charge in [-0.15, -0.1) is 0 Å². The molecule has 2 aromatic carbocycles. The molecule has 144 valence electrons. The van der Waals surface area contributed by atoms with Crippen molar-refractivity contribution in [1.82, 2.24) is 10.6 Å². The van der Waals surface area contributed by atoms with Crippen molar-refractivity contribution in [3.63, 3.8) is 0 Å². The number of amides is 2. The van der Waals surface area contributed by atoms with E-state index in [4.69, 9.17) is 17.3 Å². The van der Waals surface area contributed by atoms with E-state index in [1.54, 1.807) is 0 Å². The Kier molecular flexibility index (Phi) is 7.13. The summed E-state index contributed by atoms with van der Waals surface area (Å²) in [6, 6.07) is 18.3. The summed E-state index contributed by atoms with van der Waals surface area (Å²) in [5.74, 6) is 0.355. The number of hydrogen-bond acceptors (Lipinski definition) is 2. The summed E-state index contributed by atoms with van der Waals surface area (Å²) in [5, 5.41) is 6.84. The number of hydrogen-bond donors (Lipinski definition) is 3. The highest BCUT2D eigenvalue weighted by molar-refractivity contribution is 6.30. The Bertz CT molecular complexity index is 720. The first-order chi connectivity index (χ1) is 13.1. The van der Waals surface area contributed by atoms with Crippen LogP contribution in [0.2, 0.25) is 5.02 Å². The summed E-state index contributed by atoms with van der Waals surface area (Å²) in [4.78, 5) is 12.3. The molecular weight excluding hydrogens is 358 g/mol. The first-order valence-electron chi connectivity index (χ1n) is 9.71. The molecular formula is C22H28ClN3O. The maximum atomic E-state index is 12.3. The number of carbonyl (C=O) groups excluding carboxylic acids is 1. The fourth-order valence-electron chi connectivity index (χ4n) is 3.85. The van der Waals surface area contributed by atoms with E-state index in [1.807, 2.05) is 30.3 Å². The van der Waals surface area contributed by atoms with Crippen LogP contribution in [0.25, 0.3) is 0 Å². The van der Waals surface area contributed by atoms with Crippen LogP contribution in [-0.2, 0) is 6.42 Å². The summed E-state index contributed by atoms with van der Waals surface area (Å²) >= 11 is 5.98. The van der Waals surface area contributed by atoms with E-state index >= 15 is 0 Å². The van der Waals surface area contributed by atoms with Crippen molar-refractivity contribution < 1.29 is 4.79 Å². The molecule has 1 aliphatic rings. The molecule has 1 aliphatic carbocycles. The minimum atomic E-state index is -0.104. The zero-order valence-electron chi connectivity index (χ0n) is 15.5. The fraction of sp³-hybridized carbons (Fsp3) is 0.409. The second-order valence-corrected chi connectivity index (χ2v) is 7.77. The maximum Gasteiger partial charge on any atom is 0.315 e. The Balaban J connectivity index is 1.41.